The molecule has 0 aliphatic rings. The fourth-order valence-corrected chi connectivity index (χ4v) is 2.62. The van der Waals surface area contributed by atoms with Crippen LogP contribution in [0.2, 0.25) is 0 Å². The monoisotopic (exact) mass is 273 g/mol. The van der Waals surface area contributed by atoms with Crippen molar-refractivity contribution >= 4 is 21.7 Å². The Balaban J connectivity index is 1.95. The molecule has 0 fully saturated rings. The van der Waals surface area contributed by atoms with Gasteiger partial charge in [0.2, 0.25) is 0 Å². The van der Waals surface area contributed by atoms with Crippen LogP contribution in [0, 0.1) is 5.82 Å². The van der Waals surface area contributed by atoms with Crippen molar-refractivity contribution in [3.8, 4) is 11.3 Å². The van der Waals surface area contributed by atoms with E-state index in [1.807, 2.05) is 30.3 Å². The molecule has 4 aromatic rings. The van der Waals surface area contributed by atoms with E-state index in [4.69, 9.17) is 0 Å². The van der Waals surface area contributed by atoms with Crippen LogP contribution in [0.5, 0.6) is 0 Å². The summed E-state index contributed by atoms with van der Waals surface area (Å²) < 4.78 is 13.3. The van der Waals surface area contributed by atoms with Crippen molar-refractivity contribution in [2.75, 3.05) is 0 Å². The topological polar surface area (TPSA) is 12.9 Å². The van der Waals surface area contributed by atoms with Gasteiger partial charge in [-0.15, -0.1) is 0 Å². The lowest BCUT2D eigenvalue weighted by Crippen LogP contribution is -1.86. The van der Waals surface area contributed by atoms with E-state index in [-0.39, 0.29) is 5.82 Å². The minimum atomic E-state index is -0.243. The zero-order chi connectivity index (χ0) is 14.2. The molecule has 1 heterocycles. The van der Waals surface area contributed by atoms with Crippen molar-refractivity contribution in [2.45, 2.75) is 0 Å². The zero-order valence-corrected chi connectivity index (χ0v) is 11.3. The van der Waals surface area contributed by atoms with Crippen LogP contribution in [0.3, 0.4) is 0 Å². The average molecular weight is 273 g/mol. The highest BCUT2D eigenvalue weighted by Crippen LogP contribution is 2.25. The quantitative estimate of drug-likeness (QED) is 0.435. The molecular weight excluding hydrogens is 261 g/mol. The third-order valence-corrected chi connectivity index (χ3v) is 3.68. The van der Waals surface area contributed by atoms with Gasteiger partial charge < -0.3 is 0 Å². The molecule has 0 N–H and O–H groups in total. The molecule has 0 bridgehead atoms. The number of nitrogens with zero attached hydrogens (tertiary/aromatic N) is 1. The van der Waals surface area contributed by atoms with Gasteiger partial charge >= 0.3 is 0 Å². The number of hydrogen-bond acceptors (Lipinski definition) is 1. The molecule has 3 aromatic carbocycles. The number of halogens is 1. The first kappa shape index (κ1) is 12.0. The second-order valence-corrected chi connectivity index (χ2v) is 5.10. The molecule has 100 valence electrons. The molecule has 21 heavy (non-hydrogen) atoms. The lowest BCUT2D eigenvalue weighted by Gasteiger charge is -2.05. The highest BCUT2D eigenvalue weighted by atomic mass is 19.1. The Morgan fingerprint density at radius 1 is 0.667 bits per heavy atom. The van der Waals surface area contributed by atoms with Crippen LogP contribution in [0.15, 0.2) is 72.8 Å². The van der Waals surface area contributed by atoms with Crippen LogP contribution in [0.25, 0.3) is 32.9 Å². The lowest BCUT2D eigenvalue weighted by molar-refractivity contribution is 0.628. The SMILES string of the molecule is Fc1cccc(-c2ccc3cc4ccccc4cc3n2)c1. The maximum atomic E-state index is 13.3. The highest BCUT2D eigenvalue weighted by molar-refractivity contribution is 5.97. The van der Waals surface area contributed by atoms with Gasteiger partial charge in [0, 0.05) is 10.9 Å². The number of hydrogen-bond donors (Lipinski definition) is 0. The number of rotatable bonds is 1. The summed E-state index contributed by atoms with van der Waals surface area (Å²) in [5.41, 5.74) is 2.51. The van der Waals surface area contributed by atoms with E-state index >= 15 is 0 Å². The molecule has 4 rings (SSSR count). The summed E-state index contributed by atoms with van der Waals surface area (Å²) in [5.74, 6) is -0.243. The van der Waals surface area contributed by atoms with Crippen molar-refractivity contribution < 1.29 is 4.39 Å². The molecule has 0 saturated heterocycles. The standard InChI is InChI=1S/C19H12FN/c20-17-7-3-6-15(11-17)18-9-8-16-10-13-4-1-2-5-14(13)12-19(16)21-18/h1-12H. The molecule has 0 aliphatic heterocycles. The summed E-state index contributed by atoms with van der Waals surface area (Å²) in [6.45, 7) is 0. The van der Waals surface area contributed by atoms with E-state index in [0.29, 0.717) is 0 Å². The Morgan fingerprint density at radius 2 is 1.48 bits per heavy atom. The second kappa shape index (κ2) is 4.67. The molecule has 0 saturated carbocycles. The van der Waals surface area contributed by atoms with Crippen molar-refractivity contribution in [2.24, 2.45) is 0 Å². The van der Waals surface area contributed by atoms with Gasteiger partial charge in [-0.1, -0.05) is 42.5 Å². The van der Waals surface area contributed by atoms with Gasteiger partial charge in [0.25, 0.3) is 0 Å². The molecule has 0 radical (unpaired) electrons. The summed E-state index contributed by atoms with van der Waals surface area (Å²) >= 11 is 0. The Hall–Kier alpha value is -2.74. The van der Waals surface area contributed by atoms with Gasteiger partial charge in [0.15, 0.2) is 0 Å². The molecule has 0 spiro atoms. The Kier molecular flexibility index (Phi) is 2.68. The predicted octanol–water partition coefficient (Wildman–Crippen LogP) is 5.19. The molecule has 0 aliphatic carbocycles. The summed E-state index contributed by atoms with van der Waals surface area (Å²) in [7, 11) is 0. The second-order valence-electron chi connectivity index (χ2n) is 5.10. The maximum Gasteiger partial charge on any atom is 0.123 e. The smallest absolute Gasteiger partial charge is 0.123 e. The number of aromatic nitrogens is 1. The molecule has 2 heteroatoms. The first-order chi connectivity index (χ1) is 10.3. The largest absolute Gasteiger partial charge is 0.248 e. The molecule has 0 unspecified atom stereocenters. The normalized spacial score (nSPS) is 11.1. The first-order valence-electron chi connectivity index (χ1n) is 6.85. The van der Waals surface area contributed by atoms with Crippen LogP contribution in [-0.2, 0) is 0 Å². The van der Waals surface area contributed by atoms with Crippen molar-refractivity contribution in [3.05, 3.63) is 78.6 Å². The van der Waals surface area contributed by atoms with Crippen LogP contribution in [-0.4, -0.2) is 4.98 Å². The van der Waals surface area contributed by atoms with Crippen LogP contribution in [0.4, 0.5) is 4.39 Å². The Bertz CT molecular complexity index is 960. The van der Waals surface area contributed by atoms with Crippen molar-refractivity contribution in [3.63, 3.8) is 0 Å². The third kappa shape index (κ3) is 2.15. The van der Waals surface area contributed by atoms with Gasteiger partial charge in [-0.25, -0.2) is 9.37 Å². The van der Waals surface area contributed by atoms with Gasteiger partial charge in [-0.3, -0.25) is 0 Å². The Morgan fingerprint density at radius 3 is 2.29 bits per heavy atom. The number of fused-ring (bicyclic) bond motifs is 2. The number of pyridine rings is 1. The predicted molar refractivity (Wildman–Crippen MR) is 84.6 cm³/mol. The first-order valence-corrected chi connectivity index (χ1v) is 6.85. The third-order valence-electron chi connectivity index (χ3n) is 3.68. The molecule has 1 nitrogen and oxygen atoms in total. The van der Waals surface area contributed by atoms with E-state index in [9.17, 15) is 4.39 Å². The van der Waals surface area contributed by atoms with E-state index in [1.165, 1.54) is 17.5 Å². The van der Waals surface area contributed by atoms with Gasteiger partial charge in [0.1, 0.15) is 5.82 Å². The molecule has 0 amide bonds. The van der Waals surface area contributed by atoms with Gasteiger partial charge in [0.05, 0.1) is 11.2 Å². The van der Waals surface area contributed by atoms with E-state index < -0.39 is 0 Å². The fourth-order valence-electron chi connectivity index (χ4n) is 2.62. The molecular formula is C19H12FN. The maximum absolute atomic E-state index is 13.3. The van der Waals surface area contributed by atoms with Crippen LogP contribution in [0.1, 0.15) is 0 Å². The summed E-state index contributed by atoms with van der Waals surface area (Å²) in [6, 6.07) is 22.9. The summed E-state index contributed by atoms with van der Waals surface area (Å²) in [5, 5.41) is 3.45. The Labute approximate surface area is 121 Å². The molecule has 1 aromatic heterocycles. The van der Waals surface area contributed by atoms with E-state index in [2.05, 4.69) is 29.2 Å². The highest BCUT2D eigenvalue weighted by Gasteiger charge is 2.04. The zero-order valence-electron chi connectivity index (χ0n) is 11.3. The van der Waals surface area contributed by atoms with Crippen molar-refractivity contribution in [1.29, 1.82) is 0 Å². The van der Waals surface area contributed by atoms with Crippen LogP contribution < -0.4 is 0 Å². The lowest BCUT2D eigenvalue weighted by atomic mass is 10.1. The fraction of sp³-hybridized carbons (Fsp3) is 0. The molecule has 0 atom stereocenters. The summed E-state index contributed by atoms with van der Waals surface area (Å²) in [4.78, 5) is 4.67. The van der Waals surface area contributed by atoms with E-state index in [0.717, 1.165) is 27.5 Å². The van der Waals surface area contributed by atoms with E-state index in [1.54, 1.807) is 6.07 Å². The minimum Gasteiger partial charge on any atom is -0.248 e. The summed E-state index contributed by atoms with van der Waals surface area (Å²) in [6.07, 6.45) is 0. The van der Waals surface area contributed by atoms with Crippen LogP contribution >= 0.6 is 0 Å². The van der Waals surface area contributed by atoms with Gasteiger partial charge in [-0.05, 0) is 41.1 Å². The van der Waals surface area contributed by atoms with Gasteiger partial charge in [-0.2, -0.15) is 0 Å². The average Bonchev–Trinajstić information content (AvgIpc) is 2.52. The van der Waals surface area contributed by atoms with Crippen molar-refractivity contribution in [1.82, 2.24) is 4.98 Å². The minimum absolute atomic E-state index is 0.243. The number of benzene rings is 3.